The summed E-state index contributed by atoms with van der Waals surface area (Å²) in [6, 6.07) is 0. The van der Waals surface area contributed by atoms with Crippen LogP contribution in [-0.4, -0.2) is 75.0 Å². The van der Waals surface area contributed by atoms with Crippen LogP contribution in [0.2, 0.25) is 0 Å². The molecule has 1 saturated heterocycles. The second-order valence-corrected chi connectivity index (χ2v) is 7.51. The molecule has 7 nitrogen and oxygen atoms in total. The van der Waals surface area contributed by atoms with E-state index in [1.807, 2.05) is 0 Å². The van der Waals surface area contributed by atoms with Crippen molar-refractivity contribution >= 4 is 17.8 Å². The molecule has 0 spiro atoms. The SMILES string of the molecule is CCCCC(CC)CNC(=NCC(=O)N(C)C)N1CCC(C(=O)OC)CC1. The zero-order valence-electron chi connectivity index (χ0n) is 17.8. The van der Waals surface area contributed by atoms with Crippen LogP contribution in [0.3, 0.4) is 0 Å². The van der Waals surface area contributed by atoms with Crippen molar-refractivity contribution in [3.05, 3.63) is 0 Å². The largest absolute Gasteiger partial charge is 0.469 e. The third kappa shape index (κ3) is 8.18. The quantitative estimate of drug-likeness (QED) is 0.376. The lowest BCUT2D eigenvalue weighted by molar-refractivity contribution is -0.146. The summed E-state index contributed by atoms with van der Waals surface area (Å²) in [5, 5.41) is 3.49. The van der Waals surface area contributed by atoms with Gasteiger partial charge in [-0.3, -0.25) is 9.59 Å². The first-order chi connectivity index (χ1) is 12.9. The minimum absolute atomic E-state index is 0.0169. The second-order valence-electron chi connectivity index (χ2n) is 7.51. The number of likely N-dealkylation sites (tertiary alicyclic amines) is 1. The van der Waals surface area contributed by atoms with Crippen molar-refractivity contribution in [2.75, 3.05) is 47.4 Å². The van der Waals surface area contributed by atoms with E-state index in [0.717, 1.165) is 44.9 Å². The minimum Gasteiger partial charge on any atom is -0.469 e. The Labute approximate surface area is 164 Å². The van der Waals surface area contributed by atoms with Crippen molar-refractivity contribution in [2.24, 2.45) is 16.8 Å². The number of methoxy groups -OCH3 is 1. The maximum atomic E-state index is 12.0. The Morgan fingerprint density at radius 1 is 1.26 bits per heavy atom. The molecule has 7 heteroatoms. The summed E-state index contributed by atoms with van der Waals surface area (Å²) in [7, 11) is 4.92. The van der Waals surface area contributed by atoms with Gasteiger partial charge in [0.1, 0.15) is 6.54 Å². The van der Waals surface area contributed by atoms with Crippen molar-refractivity contribution < 1.29 is 14.3 Å². The number of esters is 1. The number of carbonyl (C=O) groups excluding carboxylic acids is 2. The van der Waals surface area contributed by atoms with Crippen molar-refractivity contribution in [1.82, 2.24) is 15.1 Å². The molecular weight excluding hydrogens is 344 g/mol. The van der Waals surface area contributed by atoms with Gasteiger partial charge in [-0.1, -0.05) is 33.1 Å². The van der Waals surface area contributed by atoms with Crippen molar-refractivity contribution in [2.45, 2.75) is 52.4 Å². The van der Waals surface area contributed by atoms with Crippen LogP contribution in [0.15, 0.2) is 4.99 Å². The molecule has 1 rings (SSSR count). The van der Waals surface area contributed by atoms with Crippen molar-refractivity contribution in [3.8, 4) is 0 Å². The summed E-state index contributed by atoms with van der Waals surface area (Å²) in [5.41, 5.74) is 0. The molecule has 1 atom stereocenters. The number of guanidine groups is 1. The molecule has 0 saturated carbocycles. The third-order valence-electron chi connectivity index (χ3n) is 5.28. The number of aliphatic imine (C=N–C) groups is 1. The van der Waals surface area contributed by atoms with Crippen LogP contribution in [0.1, 0.15) is 52.4 Å². The van der Waals surface area contributed by atoms with E-state index in [0.29, 0.717) is 5.92 Å². The molecule has 1 N–H and O–H groups in total. The highest BCUT2D eigenvalue weighted by molar-refractivity contribution is 5.85. The third-order valence-corrected chi connectivity index (χ3v) is 5.28. The van der Waals surface area contributed by atoms with Gasteiger partial charge in [0.05, 0.1) is 13.0 Å². The van der Waals surface area contributed by atoms with Crippen LogP contribution in [0, 0.1) is 11.8 Å². The standard InChI is InChI=1S/C20H38N4O3/c1-6-8-9-16(7-2)14-21-20(22-15-18(25)23(3)4)24-12-10-17(11-13-24)19(26)27-5/h16-17H,6-15H2,1-5H3,(H,21,22). The van der Waals surface area contributed by atoms with Crippen LogP contribution in [0.25, 0.3) is 0 Å². The lowest BCUT2D eigenvalue weighted by Gasteiger charge is -2.34. The molecule has 0 aromatic heterocycles. The van der Waals surface area contributed by atoms with Gasteiger partial charge in [-0.15, -0.1) is 0 Å². The smallest absolute Gasteiger partial charge is 0.308 e. The molecule has 1 heterocycles. The zero-order valence-corrected chi connectivity index (χ0v) is 17.8. The van der Waals surface area contributed by atoms with E-state index in [1.54, 1.807) is 19.0 Å². The van der Waals surface area contributed by atoms with Crippen LogP contribution >= 0.6 is 0 Å². The predicted molar refractivity (Wildman–Crippen MR) is 109 cm³/mol. The zero-order chi connectivity index (χ0) is 20.2. The van der Waals surface area contributed by atoms with E-state index in [4.69, 9.17) is 4.74 Å². The molecule has 1 amide bonds. The Morgan fingerprint density at radius 3 is 2.44 bits per heavy atom. The molecule has 1 aliphatic rings. The highest BCUT2D eigenvalue weighted by Crippen LogP contribution is 2.19. The number of carbonyl (C=O) groups is 2. The average Bonchev–Trinajstić information content (AvgIpc) is 2.69. The van der Waals surface area contributed by atoms with E-state index in [-0.39, 0.29) is 24.3 Å². The van der Waals surface area contributed by atoms with Crippen LogP contribution in [0.5, 0.6) is 0 Å². The Hall–Kier alpha value is -1.79. The van der Waals surface area contributed by atoms with Gasteiger partial charge in [0.2, 0.25) is 5.91 Å². The number of unbranched alkanes of at least 4 members (excludes halogenated alkanes) is 1. The van der Waals surface area contributed by atoms with Gasteiger partial charge in [0.25, 0.3) is 0 Å². The number of hydrogen-bond acceptors (Lipinski definition) is 4. The molecule has 0 aromatic carbocycles. The summed E-state index contributed by atoms with van der Waals surface area (Å²) in [6.45, 7) is 6.92. The number of ether oxygens (including phenoxy) is 1. The normalized spacial score (nSPS) is 16.8. The van der Waals surface area contributed by atoms with Gasteiger partial charge >= 0.3 is 5.97 Å². The maximum absolute atomic E-state index is 12.0. The summed E-state index contributed by atoms with van der Waals surface area (Å²) in [5.74, 6) is 1.20. The van der Waals surface area contributed by atoms with E-state index >= 15 is 0 Å². The fourth-order valence-corrected chi connectivity index (χ4v) is 3.22. The Morgan fingerprint density at radius 2 is 1.93 bits per heavy atom. The fraction of sp³-hybridized carbons (Fsp3) is 0.850. The Balaban J connectivity index is 2.72. The number of nitrogens with one attached hydrogen (secondary N) is 1. The molecule has 0 bridgehead atoms. The maximum Gasteiger partial charge on any atom is 0.308 e. The van der Waals surface area contributed by atoms with Gasteiger partial charge < -0.3 is 19.9 Å². The first-order valence-corrected chi connectivity index (χ1v) is 10.2. The van der Waals surface area contributed by atoms with E-state index in [2.05, 4.69) is 29.1 Å². The molecular formula is C20H38N4O3. The molecule has 1 fully saturated rings. The highest BCUT2D eigenvalue weighted by atomic mass is 16.5. The summed E-state index contributed by atoms with van der Waals surface area (Å²) in [6.07, 6.45) is 6.27. The van der Waals surface area contributed by atoms with Gasteiger partial charge in [0, 0.05) is 33.7 Å². The average molecular weight is 383 g/mol. The molecule has 156 valence electrons. The number of rotatable bonds is 9. The number of likely N-dealkylation sites (N-methyl/N-ethyl adjacent to an activating group) is 1. The number of hydrogen-bond donors (Lipinski definition) is 1. The summed E-state index contributed by atoms with van der Waals surface area (Å²) < 4.78 is 4.87. The first-order valence-electron chi connectivity index (χ1n) is 10.2. The van der Waals surface area contributed by atoms with Crippen molar-refractivity contribution in [1.29, 1.82) is 0 Å². The van der Waals surface area contributed by atoms with Crippen molar-refractivity contribution in [3.63, 3.8) is 0 Å². The van der Waals surface area contributed by atoms with Gasteiger partial charge in [0.15, 0.2) is 5.96 Å². The van der Waals surface area contributed by atoms with E-state index < -0.39 is 0 Å². The molecule has 0 aromatic rings. The van der Waals surface area contributed by atoms with Crippen LogP contribution in [-0.2, 0) is 14.3 Å². The molecule has 1 unspecified atom stereocenters. The highest BCUT2D eigenvalue weighted by Gasteiger charge is 2.27. The lowest BCUT2D eigenvalue weighted by atomic mass is 9.97. The fourth-order valence-electron chi connectivity index (χ4n) is 3.22. The molecule has 0 radical (unpaired) electrons. The lowest BCUT2D eigenvalue weighted by Crippen LogP contribution is -2.48. The number of piperidine rings is 1. The van der Waals surface area contributed by atoms with E-state index in [1.165, 1.54) is 26.4 Å². The van der Waals surface area contributed by atoms with Crippen LogP contribution < -0.4 is 5.32 Å². The van der Waals surface area contributed by atoms with E-state index in [9.17, 15) is 9.59 Å². The number of amides is 1. The molecule has 1 aliphatic heterocycles. The number of nitrogens with zero attached hydrogens (tertiary/aromatic N) is 3. The molecule has 27 heavy (non-hydrogen) atoms. The summed E-state index contributed by atoms with van der Waals surface area (Å²) >= 11 is 0. The Kier molecular flexibility index (Phi) is 10.8. The second kappa shape index (κ2) is 12.6. The van der Waals surface area contributed by atoms with Gasteiger partial charge in [-0.05, 0) is 25.2 Å². The monoisotopic (exact) mass is 382 g/mol. The summed E-state index contributed by atoms with van der Waals surface area (Å²) in [4.78, 5) is 32.0. The predicted octanol–water partition coefficient (Wildman–Crippen LogP) is 2.12. The minimum atomic E-state index is -0.130. The molecule has 0 aliphatic carbocycles. The first kappa shape index (κ1) is 23.2. The Bertz CT molecular complexity index is 486. The van der Waals surface area contributed by atoms with Gasteiger partial charge in [-0.25, -0.2) is 4.99 Å². The van der Waals surface area contributed by atoms with Crippen LogP contribution in [0.4, 0.5) is 0 Å². The van der Waals surface area contributed by atoms with Gasteiger partial charge in [-0.2, -0.15) is 0 Å². The topological polar surface area (TPSA) is 74.2 Å².